The number of rotatable bonds is 4. The molecule has 0 unspecified atom stereocenters. The molecule has 0 aliphatic heterocycles. The average molecular weight is 248 g/mol. The molecule has 7 heteroatoms. The molecule has 0 saturated carbocycles. The number of aryl methyl sites for hydroxylation is 1. The zero-order valence-electron chi connectivity index (χ0n) is 9.70. The minimum absolute atomic E-state index is 0.0607. The van der Waals surface area contributed by atoms with Crippen LogP contribution in [0.15, 0.2) is 24.5 Å². The Bertz CT molecular complexity index is 579. The zero-order valence-corrected chi connectivity index (χ0v) is 9.70. The van der Waals surface area contributed by atoms with Gasteiger partial charge in [0.1, 0.15) is 0 Å². The third kappa shape index (κ3) is 2.40. The minimum atomic E-state index is -1.14. The first-order valence-electron chi connectivity index (χ1n) is 5.30. The number of nitrogen functional groups attached to an aromatic ring is 1. The highest BCUT2D eigenvalue weighted by Crippen LogP contribution is 2.24. The van der Waals surface area contributed by atoms with Gasteiger partial charge in [0.15, 0.2) is 11.4 Å². The highest BCUT2D eigenvalue weighted by Gasteiger charge is 2.11. The van der Waals surface area contributed by atoms with Crippen molar-refractivity contribution in [2.45, 2.75) is 13.5 Å². The Labute approximate surface area is 103 Å². The second kappa shape index (κ2) is 4.74. The van der Waals surface area contributed by atoms with E-state index in [-0.39, 0.29) is 17.3 Å². The number of aromatic nitrogens is 3. The van der Waals surface area contributed by atoms with E-state index in [0.29, 0.717) is 12.3 Å². The molecule has 7 nitrogen and oxygen atoms in total. The van der Waals surface area contributed by atoms with Gasteiger partial charge in [-0.3, -0.25) is 4.68 Å². The van der Waals surface area contributed by atoms with Crippen LogP contribution in [0.5, 0.6) is 11.6 Å². The molecule has 0 aromatic carbocycles. The number of pyridine rings is 1. The fraction of sp³-hybridized carbons (Fsp3) is 0.182. The van der Waals surface area contributed by atoms with Crippen molar-refractivity contribution in [1.29, 1.82) is 0 Å². The van der Waals surface area contributed by atoms with Gasteiger partial charge in [0, 0.05) is 6.54 Å². The summed E-state index contributed by atoms with van der Waals surface area (Å²) in [5.74, 6) is -0.617. The normalized spacial score (nSPS) is 10.3. The van der Waals surface area contributed by atoms with Crippen LogP contribution in [0.4, 0.5) is 5.69 Å². The van der Waals surface area contributed by atoms with Crippen LogP contribution >= 0.6 is 0 Å². The lowest BCUT2D eigenvalue weighted by atomic mass is 10.3. The van der Waals surface area contributed by atoms with Crippen LogP contribution in [0.3, 0.4) is 0 Å². The van der Waals surface area contributed by atoms with Gasteiger partial charge in [0.05, 0.1) is 18.1 Å². The lowest BCUT2D eigenvalue weighted by Gasteiger charge is -2.05. The molecule has 0 aliphatic rings. The van der Waals surface area contributed by atoms with Gasteiger partial charge in [0.2, 0.25) is 5.88 Å². The number of nitrogens with zero attached hydrogens (tertiary/aromatic N) is 3. The van der Waals surface area contributed by atoms with Crippen molar-refractivity contribution in [1.82, 2.24) is 14.8 Å². The molecule has 2 aromatic heterocycles. The zero-order chi connectivity index (χ0) is 13.1. The summed E-state index contributed by atoms with van der Waals surface area (Å²) in [6, 6.07) is 2.76. The molecule has 0 amide bonds. The predicted molar refractivity (Wildman–Crippen MR) is 63.6 cm³/mol. The monoisotopic (exact) mass is 248 g/mol. The van der Waals surface area contributed by atoms with E-state index < -0.39 is 5.97 Å². The first kappa shape index (κ1) is 11.9. The Kier molecular flexibility index (Phi) is 3.13. The van der Waals surface area contributed by atoms with E-state index in [1.165, 1.54) is 18.3 Å². The summed E-state index contributed by atoms with van der Waals surface area (Å²) in [5, 5.41) is 12.9. The molecule has 0 atom stereocenters. The fourth-order valence-corrected chi connectivity index (χ4v) is 1.33. The first-order valence-corrected chi connectivity index (χ1v) is 5.30. The van der Waals surface area contributed by atoms with Gasteiger partial charge in [-0.05, 0) is 19.1 Å². The van der Waals surface area contributed by atoms with Crippen molar-refractivity contribution < 1.29 is 14.6 Å². The van der Waals surface area contributed by atoms with E-state index in [9.17, 15) is 4.79 Å². The molecule has 2 rings (SSSR count). The molecule has 2 aromatic rings. The number of nitrogens with two attached hydrogens (primary N) is 1. The predicted octanol–water partition coefficient (Wildman–Crippen LogP) is 1.37. The maximum atomic E-state index is 10.8. The lowest BCUT2D eigenvalue weighted by molar-refractivity contribution is 0.0689. The topological polar surface area (TPSA) is 103 Å². The summed E-state index contributed by atoms with van der Waals surface area (Å²) in [6.45, 7) is 2.65. The number of carbonyl (C=O) groups is 1. The highest BCUT2D eigenvalue weighted by atomic mass is 16.5. The van der Waals surface area contributed by atoms with Crippen molar-refractivity contribution in [2.24, 2.45) is 0 Å². The summed E-state index contributed by atoms with van der Waals surface area (Å²) in [7, 11) is 0. The molecule has 2 heterocycles. The summed E-state index contributed by atoms with van der Waals surface area (Å²) in [6.07, 6.45) is 3.19. The van der Waals surface area contributed by atoms with Crippen molar-refractivity contribution >= 4 is 11.7 Å². The second-order valence-corrected chi connectivity index (χ2v) is 3.53. The van der Waals surface area contributed by atoms with Crippen LogP contribution in [0, 0.1) is 0 Å². The second-order valence-electron chi connectivity index (χ2n) is 3.53. The molecule has 94 valence electrons. The summed E-state index contributed by atoms with van der Waals surface area (Å²) in [4.78, 5) is 14.6. The van der Waals surface area contributed by atoms with Gasteiger partial charge in [-0.15, -0.1) is 0 Å². The number of anilines is 1. The van der Waals surface area contributed by atoms with Crippen LogP contribution in [0.2, 0.25) is 0 Å². The lowest BCUT2D eigenvalue weighted by Crippen LogP contribution is -2.03. The molecule has 0 bridgehead atoms. The van der Waals surface area contributed by atoms with E-state index in [0.717, 1.165) is 0 Å². The van der Waals surface area contributed by atoms with Crippen molar-refractivity contribution in [2.75, 3.05) is 5.73 Å². The molecule has 0 spiro atoms. The van der Waals surface area contributed by atoms with Crippen molar-refractivity contribution in [3.8, 4) is 11.6 Å². The third-order valence-electron chi connectivity index (χ3n) is 2.26. The number of aromatic carboxylic acids is 1. The van der Waals surface area contributed by atoms with Crippen LogP contribution in [-0.2, 0) is 6.54 Å². The molecule has 0 radical (unpaired) electrons. The Morgan fingerprint density at radius 1 is 1.56 bits per heavy atom. The SMILES string of the molecule is CCn1cc(Oc2nc(C(=O)O)ccc2N)cn1. The van der Waals surface area contributed by atoms with Crippen LogP contribution in [0.1, 0.15) is 17.4 Å². The summed E-state index contributed by atoms with van der Waals surface area (Å²) in [5.41, 5.74) is 5.81. The maximum Gasteiger partial charge on any atom is 0.354 e. The van der Waals surface area contributed by atoms with E-state index in [4.69, 9.17) is 15.6 Å². The van der Waals surface area contributed by atoms with E-state index in [2.05, 4.69) is 10.1 Å². The van der Waals surface area contributed by atoms with Gasteiger partial charge >= 0.3 is 5.97 Å². The Morgan fingerprint density at radius 2 is 2.33 bits per heavy atom. The van der Waals surface area contributed by atoms with Gasteiger partial charge in [0.25, 0.3) is 0 Å². The number of hydrogen-bond donors (Lipinski definition) is 2. The largest absolute Gasteiger partial charge is 0.477 e. The van der Waals surface area contributed by atoms with Gasteiger partial charge in [-0.2, -0.15) is 5.10 Å². The molecular formula is C11H12N4O3. The van der Waals surface area contributed by atoms with Crippen molar-refractivity contribution in [3.63, 3.8) is 0 Å². The minimum Gasteiger partial charge on any atom is -0.477 e. The quantitative estimate of drug-likeness (QED) is 0.846. The van der Waals surface area contributed by atoms with E-state index in [1.807, 2.05) is 6.92 Å². The Morgan fingerprint density at radius 3 is 2.94 bits per heavy atom. The van der Waals surface area contributed by atoms with Crippen LogP contribution < -0.4 is 10.5 Å². The molecular weight excluding hydrogens is 236 g/mol. The molecule has 0 saturated heterocycles. The summed E-state index contributed by atoms with van der Waals surface area (Å²) < 4.78 is 7.07. The van der Waals surface area contributed by atoms with Gasteiger partial charge in [-0.1, -0.05) is 0 Å². The standard InChI is InChI=1S/C11H12N4O3/c1-2-15-6-7(5-13-15)18-10-8(12)3-4-9(14-10)11(16)17/h3-6H,2,12H2,1H3,(H,16,17). The first-order chi connectivity index (χ1) is 8.60. The molecule has 3 N–H and O–H groups in total. The third-order valence-corrected chi connectivity index (χ3v) is 2.26. The van der Waals surface area contributed by atoms with Crippen LogP contribution in [0.25, 0.3) is 0 Å². The fourth-order valence-electron chi connectivity index (χ4n) is 1.33. The van der Waals surface area contributed by atoms with Crippen molar-refractivity contribution in [3.05, 3.63) is 30.2 Å². The highest BCUT2D eigenvalue weighted by molar-refractivity contribution is 5.86. The van der Waals surface area contributed by atoms with Crippen LogP contribution in [-0.4, -0.2) is 25.8 Å². The van der Waals surface area contributed by atoms with Gasteiger partial charge in [-0.25, -0.2) is 9.78 Å². The summed E-state index contributed by atoms with van der Waals surface area (Å²) >= 11 is 0. The smallest absolute Gasteiger partial charge is 0.354 e. The molecule has 18 heavy (non-hydrogen) atoms. The Balaban J connectivity index is 2.27. The van der Waals surface area contributed by atoms with Gasteiger partial charge < -0.3 is 15.6 Å². The van der Waals surface area contributed by atoms with E-state index >= 15 is 0 Å². The average Bonchev–Trinajstić information content (AvgIpc) is 2.79. The molecule has 0 fully saturated rings. The maximum absolute atomic E-state index is 10.8. The molecule has 0 aliphatic carbocycles. The Hall–Kier alpha value is -2.57. The van der Waals surface area contributed by atoms with E-state index in [1.54, 1.807) is 10.9 Å². The number of carboxylic acid groups (broad SMARTS) is 1. The number of carboxylic acids is 1. The number of ether oxygens (including phenoxy) is 1. The number of hydrogen-bond acceptors (Lipinski definition) is 5.